The molecule has 0 aliphatic rings. The van der Waals surface area contributed by atoms with E-state index in [2.05, 4.69) is 4.98 Å². The van der Waals surface area contributed by atoms with Crippen LogP contribution in [0.25, 0.3) is 0 Å². The molecular formula is C7H9ClN2O2. The molecule has 0 bridgehead atoms. The minimum Gasteiger partial charge on any atom is -0.481 e. The summed E-state index contributed by atoms with van der Waals surface area (Å²) in [6.45, 7) is 1.08. The molecule has 0 atom stereocenters. The van der Waals surface area contributed by atoms with E-state index in [4.69, 9.17) is 27.2 Å². The number of nitrogens with zero attached hydrogens (tertiary/aromatic N) is 1. The summed E-state index contributed by atoms with van der Waals surface area (Å²) in [7, 11) is 0. The largest absolute Gasteiger partial charge is 0.481 e. The molecule has 0 amide bonds. The van der Waals surface area contributed by atoms with Crippen molar-refractivity contribution >= 4 is 23.4 Å². The Balaban J connectivity index is 0.000000261. The number of anilines is 1. The Kier molecular flexibility index (Phi) is 4.79. The molecule has 1 aromatic heterocycles. The van der Waals surface area contributed by atoms with Crippen molar-refractivity contribution in [2.45, 2.75) is 6.92 Å². The highest BCUT2D eigenvalue weighted by Gasteiger charge is 1.83. The van der Waals surface area contributed by atoms with E-state index in [1.54, 1.807) is 12.1 Å². The summed E-state index contributed by atoms with van der Waals surface area (Å²) in [5.41, 5.74) is 5.26. The molecule has 1 heterocycles. The van der Waals surface area contributed by atoms with Crippen LogP contribution in [0.2, 0.25) is 5.02 Å². The van der Waals surface area contributed by atoms with Crippen LogP contribution in [0.3, 0.4) is 0 Å². The fourth-order valence-corrected chi connectivity index (χ4v) is 0.499. The lowest BCUT2D eigenvalue weighted by atomic mass is 10.5. The van der Waals surface area contributed by atoms with Crippen LogP contribution in [-0.2, 0) is 4.79 Å². The van der Waals surface area contributed by atoms with Gasteiger partial charge in [-0.25, -0.2) is 4.98 Å². The monoisotopic (exact) mass is 188 g/mol. The Morgan fingerprint density at radius 3 is 2.42 bits per heavy atom. The second kappa shape index (κ2) is 5.37. The number of nitrogen functional groups attached to an aromatic ring is 1. The molecule has 0 fully saturated rings. The van der Waals surface area contributed by atoms with Crippen LogP contribution in [-0.4, -0.2) is 16.1 Å². The number of carbonyl (C=O) groups is 1. The van der Waals surface area contributed by atoms with E-state index in [-0.39, 0.29) is 0 Å². The van der Waals surface area contributed by atoms with Crippen molar-refractivity contribution in [1.29, 1.82) is 0 Å². The fourth-order valence-electron chi connectivity index (χ4n) is 0.387. The zero-order valence-corrected chi connectivity index (χ0v) is 7.25. The first-order valence-electron chi connectivity index (χ1n) is 3.09. The van der Waals surface area contributed by atoms with Gasteiger partial charge in [0, 0.05) is 13.1 Å². The maximum Gasteiger partial charge on any atom is 0.300 e. The summed E-state index contributed by atoms with van der Waals surface area (Å²) in [6.07, 6.45) is 1.51. The molecule has 0 spiro atoms. The summed E-state index contributed by atoms with van der Waals surface area (Å²) in [6, 6.07) is 3.35. The Bertz CT molecular complexity index is 223. The minimum absolute atomic E-state index is 0.495. The quantitative estimate of drug-likeness (QED) is 0.646. The van der Waals surface area contributed by atoms with E-state index >= 15 is 0 Å². The third-order valence-corrected chi connectivity index (χ3v) is 0.974. The van der Waals surface area contributed by atoms with Crippen molar-refractivity contribution in [2.75, 3.05) is 5.73 Å². The smallest absolute Gasteiger partial charge is 0.300 e. The van der Waals surface area contributed by atoms with Crippen molar-refractivity contribution < 1.29 is 9.90 Å². The lowest BCUT2D eigenvalue weighted by molar-refractivity contribution is -0.134. The number of halogens is 1. The van der Waals surface area contributed by atoms with Crippen molar-refractivity contribution in [1.82, 2.24) is 4.98 Å². The maximum atomic E-state index is 9.00. The average molecular weight is 189 g/mol. The number of carboxylic acids is 1. The second-order valence-corrected chi connectivity index (χ2v) is 2.36. The van der Waals surface area contributed by atoms with E-state index in [1.807, 2.05) is 0 Å². The summed E-state index contributed by atoms with van der Waals surface area (Å²) >= 11 is 5.49. The SMILES string of the molecule is CC(=O)O.Nc1ccc(Cl)cn1. The molecule has 0 saturated heterocycles. The van der Waals surface area contributed by atoms with E-state index in [1.165, 1.54) is 6.20 Å². The lowest BCUT2D eigenvalue weighted by Crippen LogP contribution is -1.86. The average Bonchev–Trinajstić information content (AvgIpc) is 1.94. The topological polar surface area (TPSA) is 76.2 Å². The van der Waals surface area contributed by atoms with Crippen molar-refractivity contribution in [3.8, 4) is 0 Å². The Labute approximate surface area is 75.0 Å². The standard InChI is InChI=1S/C5H5ClN2.C2H4O2/c6-4-1-2-5(7)8-3-4;1-2(3)4/h1-3H,(H2,7,8);1H3,(H,3,4). The molecule has 0 aliphatic carbocycles. The van der Waals surface area contributed by atoms with Gasteiger partial charge in [0.25, 0.3) is 5.97 Å². The summed E-state index contributed by atoms with van der Waals surface area (Å²) < 4.78 is 0. The fraction of sp³-hybridized carbons (Fsp3) is 0.143. The highest BCUT2D eigenvalue weighted by molar-refractivity contribution is 6.30. The van der Waals surface area contributed by atoms with Gasteiger partial charge >= 0.3 is 0 Å². The molecule has 4 nitrogen and oxygen atoms in total. The molecular weight excluding hydrogens is 180 g/mol. The molecule has 5 heteroatoms. The van der Waals surface area contributed by atoms with Gasteiger partial charge < -0.3 is 10.8 Å². The number of nitrogens with two attached hydrogens (primary N) is 1. The first kappa shape index (κ1) is 10.7. The number of hydrogen-bond donors (Lipinski definition) is 2. The molecule has 0 aliphatic heterocycles. The third kappa shape index (κ3) is 6.82. The van der Waals surface area contributed by atoms with Crippen LogP contribution in [0.5, 0.6) is 0 Å². The van der Waals surface area contributed by atoms with Gasteiger partial charge in [0.1, 0.15) is 5.82 Å². The van der Waals surface area contributed by atoms with E-state index < -0.39 is 5.97 Å². The zero-order chi connectivity index (χ0) is 9.56. The Morgan fingerprint density at radius 1 is 1.67 bits per heavy atom. The third-order valence-electron chi connectivity index (χ3n) is 0.750. The number of aromatic nitrogens is 1. The number of carboxylic acid groups (broad SMARTS) is 1. The van der Waals surface area contributed by atoms with Gasteiger partial charge in [0.2, 0.25) is 0 Å². The van der Waals surface area contributed by atoms with Gasteiger partial charge in [0.05, 0.1) is 5.02 Å². The van der Waals surface area contributed by atoms with Gasteiger partial charge in [-0.15, -0.1) is 0 Å². The highest BCUT2D eigenvalue weighted by atomic mass is 35.5. The van der Waals surface area contributed by atoms with Crippen LogP contribution in [0.15, 0.2) is 18.3 Å². The van der Waals surface area contributed by atoms with Gasteiger partial charge in [-0.05, 0) is 12.1 Å². The number of pyridine rings is 1. The first-order chi connectivity index (χ1) is 5.52. The first-order valence-corrected chi connectivity index (χ1v) is 3.46. The van der Waals surface area contributed by atoms with Crippen LogP contribution in [0, 0.1) is 0 Å². The Morgan fingerprint density at radius 2 is 2.17 bits per heavy atom. The van der Waals surface area contributed by atoms with Gasteiger partial charge in [-0.2, -0.15) is 0 Å². The minimum atomic E-state index is -0.833. The van der Waals surface area contributed by atoms with Gasteiger partial charge in [-0.3, -0.25) is 4.79 Å². The van der Waals surface area contributed by atoms with Crippen LogP contribution >= 0.6 is 11.6 Å². The molecule has 12 heavy (non-hydrogen) atoms. The summed E-state index contributed by atoms with van der Waals surface area (Å²) in [5.74, 6) is -0.339. The maximum absolute atomic E-state index is 9.00. The molecule has 0 saturated carbocycles. The number of rotatable bonds is 0. The van der Waals surface area contributed by atoms with Crippen molar-refractivity contribution in [2.24, 2.45) is 0 Å². The molecule has 1 aromatic rings. The highest BCUT2D eigenvalue weighted by Crippen LogP contribution is 2.05. The summed E-state index contributed by atoms with van der Waals surface area (Å²) in [4.78, 5) is 12.7. The molecule has 1 rings (SSSR count). The number of aliphatic carboxylic acids is 1. The Hall–Kier alpha value is -1.29. The van der Waals surface area contributed by atoms with Gasteiger partial charge in [-0.1, -0.05) is 11.6 Å². The molecule has 0 unspecified atom stereocenters. The molecule has 3 N–H and O–H groups in total. The molecule has 0 aromatic carbocycles. The van der Waals surface area contributed by atoms with Crippen LogP contribution in [0.4, 0.5) is 5.82 Å². The molecule has 0 radical (unpaired) electrons. The van der Waals surface area contributed by atoms with Crippen molar-refractivity contribution in [3.05, 3.63) is 23.4 Å². The predicted molar refractivity (Wildman–Crippen MR) is 47.0 cm³/mol. The molecule has 66 valence electrons. The predicted octanol–water partition coefficient (Wildman–Crippen LogP) is 1.41. The zero-order valence-electron chi connectivity index (χ0n) is 6.49. The number of hydrogen-bond acceptors (Lipinski definition) is 3. The normalized spacial score (nSPS) is 8.17. The second-order valence-electron chi connectivity index (χ2n) is 1.92. The van der Waals surface area contributed by atoms with E-state index in [0.29, 0.717) is 10.8 Å². The van der Waals surface area contributed by atoms with E-state index in [0.717, 1.165) is 6.92 Å². The van der Waals surface area contributed by atoms with Crippen LogP contribution in [0.1, 0.15) is 6.92 Å². The van der Waals surface area contributed by atoms with Gasteiger partial charge in [0.15, 0.2) is 0 Å². The summed E-state index contributed by atoms with van der Waals surface area (Å²) in [5, 5.41) is 8.03. The van der Waals surface area contributed by atoms with Crippen molar-refractivity contribution in [3.63, 3.8) is 0 Å². The van der Waals surface area contributed by atoms with Crippen LogP contribution < -0.4 is 5.73 Å². The lowest BCUT2D eigenvalue weighted by Gasteiger charge is -1.87. The van der Waals surface area contributed by atoms with E-state index in [9.17, 15) is 0 Å².